The van der Waals surface area contributed by atoms with Gasteiger partial charge in [0.2, 0.25) is 0 Å². The van der Waals surface area contributed by atoms with Crippen LogP contribution in [0.4, 0.5) is 4.79 Å². The summed E-state index contributed by atoms with van der Waals surface area (Å²) in [4.78, 5) is 22.8. The van der Waals surface area contributed by atoms with Gasteiger partial charge in [0.05, 0.1) is 11.5 Å². The van der Waals surface area contributed by atoms with Gasteiger partial charge in [-0.15, -0.1) is 0 Å². The summed E-state index contributed by atoms with van der Waals surface area (Å²) < 4.78 is 5.07. The third-order valence-corrected chi connectivity index (χ3v) is 2.84. The van der Waals surface area contributed by atoms with Gasteiger partial charge in [-0.05, 0) is 33.6 Å². The van der Waals surface area contributed by atoms with Crippen molar-refractivity contribution < 1.29 is 19.4 Å². The maximum Gasteiger partial charge on any atom is 0.408 e. The molecule has 0 aromatic carbocycles. The number of carbonyl (C=O) groups is 2. The highest BCUT2D eigenvalue weighted by Gasteiger charge is 2.36. The molecule has 0 bridgehead atoms. The Morgan fingerprint density at radius 2 is 1.71 bits per heavy atom. The third-order valence-electron chi connectivity index (χ3n) is 2.84. The fraction of sp³-hybridized carbons (Fsp3) is 0.833. The molecule has 0 radical (unpaired) electrons. The summed E-state index contributed by atoms with van der Waals surface area (Å²) in [5, 5.41) is 13.7. The first-order valence-electron chi connectivity index (χ1n) is 5.98. The van der Waals surface area contributed by atoms with Crippen LogP contribution in [0.5, 0.6) is 0 Å². The van der Waals surface area contributed by atoms with E-state index in [9.17, 15) is 14.7 Å². The Morgan fingerprint density at radius 1 is 1.18 bits per heavy atom. The van der Waals surface area contributed by atoms with Crippen LogP contribution in [0.25, 0.3) is 0 Å². The second-order valence-electron chi connectivity index (χ2n) is 5.56. The number of nitrogens with one attached hydrogen (secondary N) is 1. The van der Waals surface area contributed by atoms with Crippen LogP contribution in [0.1, 0.15) is 52.9 Å². The van der Waals surface area contributed by atoms with Crippen LogP contribution in [0, 0.1) is 0 Å². The Morgan fingerprint density at radius 3 is 2.12 bits per heavy atom. The molecule has 17 heavy (non-hydrogen) atoms. The summed E-state index contributed by atoms with van der Waals surface area (Å²) >= 11 is 0. The highest BCUT2D eigenvalue weighted by molar-refractivity contribution is 5.83. The van der Waals surface area contributed by atoms with E-state index in [2.05, 4.69) is 5.32 Å². The maximum absolute atomic E-state index is 11.6. The number of alkyl carbamates (subject to hydrolysis) is 1. The predicted octanol–water partition coefficient (Wildman–Crippen LogP) is 0.964. The number of ether oxygens (including phenoxy) is 1. The molecule has 1 rings (SSSR count). The lowest BCUT2D eigenvalue weighted by Crippen LogP contribution is -2.61. The minimum atomic E-state index is -1.25. The van der Waals surface area contributed by atoms with Crippen molar-refractivity contribution in [2.24, 2.45) is 0 Å². The monoisotopic (exact) mass is 242 g/mol. The number of aliphatic carboxylic acids is 1. The average Bonchev–Trinajstić information content (AvgIpc) is 2.15. The van der Waals surface area contributed by atoms with Gasteiger partial charge in [-0.3, -0.25) is 0 Å². The molecule has 98 valence electrons. The van der Waals surface area contributed by atoms with E-state index in [1.807, 2.05) is 0 Å². The van der Waals surface area contributed by atoms with Crippen molar-refractivity contribution >= 4 is 12.1 Å². The number of hydrogen-bond donors (Lipinski definition) is 1. The summed E-state index contributed by atoms with van der Waals surface area (Å²) in [6.07, 6.45) is 2.69. The van der Waals surface area contributed by atoms with E-state index in [0.29, 0.717) is 12.8 Å². The summed E-state index contributed by atoms with van der Waals surface area (Å²) in [5.74, 6) is -1.22. The molecule has 0 heterocycles. The minimum absolute atomic E-state index is 0.411. The molecular weight excluding hydrogens is 222 g/mol. The Hall–Kier alpha value is -1.26. The van der Waals surface area contributed by atoms with Crippen molar-refractivity contribution in [3.05, 3.63) is 0 Å². The maximum atomic E-state index is 11.6. The number of amides is 1. The van der Waals surface area contributed by atoms with E-state index >= 15 is 0 Å². The Balaban J connectivity index is 2.67. The standard InChI is InChI=1S/C12H21NO4/c1-11(2,3)17-10(16)13-12(9(14)15)7-5-4-6-8-12/h4-8H2,1-3H3,(H,13,16)(H,14,15)/p-1. The minimum Gasteiger partial charge on any atom is -0.548 e. The van der Waals surface area contributed by atoms with Gasteiger partial charge in [0.1, 0.15) is 5.60 Å². The van der Waals surface area contributed by atoms with E-state index in [1.165, 1.54) is 0 Å². The van der Waals surface area contributed by atoms with Crippen LogP contribution in [0.15, 0.2) is 0 Å². The Bertz CT molecular complexity index is 300. The lowest BCUT2D eigenvalue weighted by atomic mass is 9.82. The first-order valence-corrected chi connectivity index (χ1v) is 5.98. The number of carboxylic acid groups (broad SMARTS) is 1. The van der Waals surface area contributed by atoms with Crippen LogP contribution < -0.4 is 10.4 Å². The van der Waals surface area contributed by atoms with Gasteiger partial charge in [0.15, 0.2) is 0 Å². The highest BCUT2D eigenvalue weighted by atomic mass is 16.6. The molecule has 1 aliphatic carbocycles. The number of carbonyl (C=O) groups excluding carboxylic acids is 2. The van der Waals surface area contributed by atoms with Crippen LogP contribution in [0.3, 0.4) is 0 Å². The van der Waals surface area contributed by atoms with Crippen molar-refractivity contribution in [3.63, 3.8) is 0 Å². The van der Waals surface area contributed by atoms with Crippen LogP contribution in [-0.4, -0.2) is 23.2 Å². The molecular formula is C12H20NO4-. The Labute approximate surface area is 102 Å². The molecule has 0 spiro atoms. The van der Waals surface area contributed by atoms with Gasteiger partial charge in [-0.25, -0.2) is 4.79 Å². The zero-order valence-corrected chi connectivity index (χ0v) is 10.7. The number of hydrogen-bond acceptors (Lipinski definition) is 4. The smallest absolute Gasteiger partial charge is 0.408 e. The molecule has 1 N–H and O–H groups in total. The zero-order valence-electron chi connectivity index (χ0n) is 10.7. The molecule has 0 aromatic heterocycles. The van der Waals surface area contributed by atoms with E-state index in [1.54, 1.807) is 20.8 Å². The number of rotatable bonds is 2. The van der Waals surface area contributed by atoms with Crippen LogP contribution in [0.2, 0.25) is 0 Å². The summed E-state index contributed by atoms with van der Waals surface area (Å²) in [6.45, 7) is 5.21. The first-order chi connectivity index (χ1) is 7.75. The summed E-state index contributed by atoms with van der Waals surface area (Å²) in [5.41, 5.74) is -1.88. The average molecular weight is 242 g/mol. The second-order valence-corrected chi connectivity index (χ2v) is 5.56. The number of carboxylic acids is 1. The molecule has 1 aliphatic rings. The van der Waals surface area contributed by atoms with Gasteiger partial charge in [0.25, 0.3) is 0 Å². The van der Waals surface area contributed by atoms with Gasteiger partial charge >= 0.3 is 6.09 Å². The topological polar surface area (TPSA) is 78.5 Å². The molecule has 0 unspecified atom stereocenters. The first kappa shape index (κ1) is 13.8. The summed E-state index contributed by atoms with van der Waals surface area (Å²) in [6, 6.07) is 0. The van der Waals surface area contributed by atoms with Gasteiger partial charge in [-0.2, -0.15) is 0 Å². The lowest BCUT2D eigenvalue weighted by Gasteiger charge is -2.39. The lowest BCUT2D eigenvalue weighted by molar-refractivity contribution is -0.315. The summed E-state index contributed by atoms with van der Waals surface area (Å²) in [7, 11) is 0. The van der Waals surface area contributed by atoms with Gasteiger partial charge in [-0.1, -0.05) is 19.3 Å². The van der Waals surface area contributed by atoms with Crippen LogP contribution >= 0.6 is 0 Å². The largest absolute Gasteiger partial charge is 0.548 e. The van der Waals surface area contributed by atoms with Crippen molar-refractivity contribution in [1.82, 2.24) is 5.32 Å². The predicted molar refractivity (Wildman–Crippen MR) is 60.2 cm³/mol. The van der Waals surface area contributed by atoms with Crippen molar-refractivity contribution in [2.45, 2.75) is 64.0 Å². The fourth-order valence-corrected chi connectivity index (χ4v) is 2.03. The van der Waals surface area contributed by atoms with Gasteiger partial charge in [0, 0.05) is 0 Å². The van der Waals surface area contributed by atoms with Crippen molar-refractivity contribution in [1.29, 1.82) is 0 Å². The quantitative estimate of drug-likeness (QED) is 0.782. The van der Waals surface area contributed by atoms with Crippen LogP contribution in [-0.2, 0) is 9.53 Å². The molecule has 0 saturated heterocycles. The molecule has 1 fully saturated rings. The fourth-order valence-electron chi connectivity index (χ4n) is 2.03. The van der Waals surface area contributed by atoms with E-state index in [4.69, 9.17) is 4.74 Å². The van der Waals surface area contributed by atoms with E-state index in [-0.39, 0.29) is 0 Å². The van der Waals surface area contributed by atoms with Gasteiger partial charge < -0.3 is 20.0 Å². The molecule has 0 aromatic rings. The highest BCUT2D eigenvalue weighted by Crippen LogP contribution is 2.28. The molecule has 5 nitrogen and oxygen atoms in total. The molecule has 1 amide bonds. The van der Waals surface area contributed by atoms with Crippen molar-refractivity contribution in [3.8, 4) is 0 Å². The van der Waals surface area contributed by atoms with E-state index < -0.39 is 23.2 Å². The van der Waals surface area contributed by atoms with Crippen molar-refractivity contribution in [2.75, 3.05) is 0 Å². The molecule has 0 atom stereocenters. The molecule has 1 saturated carbocycles. The van der Waals surface area contributed by atoms with E-state index in [0.717, 1.165) is 19.3 Å². The normalized spacial score (nSPS) is 19.5. The third kappa shape index (κ3) is 3.91. The molecule has 5 heteroatoms. The zero-order chi connectivity index (χ0) is 13.1. The SMILES string of the molecule is CC(C)(C)OC(=O)NC1(C(=O)[O-])CCCCC1. The second kappa shape index (κ2) is 4.94. The Kier molecular flexibility index (Phi) is 4.01. The molecule has 0 aliphatic heterocycles.